The van der Waals surface area contributed by atoms with Gasteiger partial charge in [-0.15, -0.1) is 21.5 Å². The van der Waals surface area contributed by atoms with E-state index in [0.717, 1.165) is 22.2 Å². The number of thiophene rings is 1. The second-order valence-electron chi connectivity index (χ2n) is 3.42. The number of nitrogens with zero attached hydrogens (tertiary/aromatic N) is 3. The number of aromatic nitrogens is 3. The standard InChI is InChI=1S/C9H9ClN4O2S2/c1-4-2-17-7(6(4)10)8-12-13-9(14(8)11)18-3-5(15)16/h2H,3,11H2,1H3,(H,15,16). The Balaban J connectivity index is 2.31. The molecule has 0 radical (unpaired) electrons. The summed E-state index contributed by atoms with van der Waals surface area (Å²) >= 11 is 8.55. The average Bonchev–Trinajstić information content (AvgIpc) is 2.82. The van der Waals surface area contributed by atoms with Crippen molar-refractivity contribution in [2.75, 3.05) is 11.6 Å². The molecule has 0 aliphatic heterocycles. The van der Waals surface area contributed by atoms with Gasteiger partial charge >= 0.3 is 5.97 Å². The van der Waals surface area contributed by atoms with Gasteiger partial charge in [-0.25, -0.2) is 4.68 Å². The SMILES string of the molecule is Cc1csc(-c2nnc(SCC(=O)O)n2N)c1Cl. The molecular formula is C9H9ClN4O2S2. The molecule has 2 heterocycles. The number of aliphatic carboxylic acids is 1. The third-order valence-electron chi connectivity index (χ3n) is 2.09. The van der Waals surface area contributed by atoms with Gasteiger partial charge in [0, 0.05) is 0 Å². The van der Waals surface area contributed by atoms with Crippen molar-refractivity contribution in [2.45, 2.75) is 12.1 Å². The maximum Gasteiger partial charge on any atom is 0.313 e. The van der Waals surface area contributed by atoms with Crippen LogP contribution in [0.25, 0.3) is 10.7 Å². The van der Waals surface area contributed by atoms with E-state index in [4.69, 9.17) is 22.6 Å². The van der Waals surface area contributed by atoms with E-state index in [1.165, 1.54) is 16.0 Å². The second kappa shape index (κ2) is 5.17. The van der Waals surface area contributed by atoms with E-state index in [1.807, 2.05) is 12.3 Å². The fraction of sp³-hybridized carbons (Fsp3) is 0.222. The molecule has 0 bridgehead atoms. The third-order valence-corrected chi connectivity index (χ3v) is 4.71. The molecule has 96 valence electrons. The Hall–Kier alpha value is -1.25. The minimum atomic E-state index is -0.936. The van der Waals surface area contributed by atoms with Crippen LogP contribution in [0.5, 0.6) is 0 Å². The van der Waals surface area contributed by atoms with Gasteiger partial charge in [-0.3, -0.25) is 4.79 Å². The molecule has 0 spiro atoms. The van der Waals surface area contributed by atoms with Crippen LogP contribution in [0.4, 0.5) is 0 Å². The van der Waals surface area contributed by atoms with Gasteiger partial charge in [0.05, 0.1) is 15.7 Å². The molecule has 18 heavy (non-hydrogen) atoms. The summed E-state index contributed by atoms with van der Waals surface area (Å²) in [5.74, 6) is 5.21. The van der Waals surface area contributed by atoms with Gasteiger partial charge in [0.1, 0.15) is 0 Å². The fourth-order valence-corrected chi connectivity index (χ4v) is 3.07. The van der Waals surface area contributed by atoms with Gasteiger partial charge in [0.15, 0.2) is 5.82 Å². The molecule has 0 aliphatic rings. The highest BCUT2D eigenvalue weighted by molar-refractivity contribution is 7.99. The van der Waals surface area contributed by atoms with E-state index in [2.05, 4.69) is 10.2 Å². The number of carboxylic acid groups (broad SMARTS) is 1. The lowest BCUT2D eigenvalue weighted by Gasteiger charge is -2.01. The van der Waals surface area contributed by atoms with Crippen LogP contribution < -0.4 is 5.84 Å². The van der Waals surface area contributed by atoms with Gasteiger partial charge in [-0.1, -0.05) is 23.4 Å². The number of hydrogen-bond donors (Lipinski definition) is 2. The Bertz CT molecular complexity index is 595. The van der Waals surface area contributed by atoms with Crippen molar-refractivity contribution in [2.24, 2.45) is 0 Å². The van der Waals surface area contributed by atoms with Crippen molar-refractivity contribution in [3.05, 3.63) is 16.0 Å². The summed E-state index contributed by atoms with van der Waals surface area (Å²) in [6.07, 6.45) is 0. The third kappa shape index (κ3) is 2.45. The van der Waals surface area contributed by atoms with Crippen molar-refractivity contribution in [1.82, 2.24) is 14.9 Å². The maximum absolute atomic E-state index is 10.5. The van der Waals surface area contributed by atoms with Gasteiger partial charge in [-0.2, -0.15) is 0 Å². The van der Waals surface area contributed by atoms with E-state index < -0.39 is 5.97 Å². The molecule has 2 aromatic heterocycles. The summed E-state index contributed by atoms with van der Waals surface area (Å²) in [5, 5.41) is 19.2. The zero-order chi connectivity index (χ0) is 13.3. The molecule has 0 aliphatic carbocycles. The van der Waals surface area contributed by atoms with Gasteiger partial charge in [-0.05, 0) is 17.9 Å². The molecule has 6 nitrogen and oxygen atoms in total. The van der Waals surface area contributed by atoms with Crippen molar-refractivity contribution in [3.8, 4) is 10.7 Å². The maximum atomic E-state index is 10.5. The summed E-state index contributed by atoms with van der Waals surface area (Å²) in [4.78, 5) is 11.2. The Morgan fingerprint density at radius 2 is 2.39 bits per heavy atom. The Morgan fingerprint density at radius 3 is 2.94 bits per heavy atom. The van der Waals surface area contributed by atoms with Crippen molar-refractivity contribution < 1.29 is 9.90 Å². The van der Waals surface area contributed by atoms with E-state index in [9.17, 15) is 4.79 Å². The number of hydrogen-bond acceptors (Lipinski definition) is 6. The molecule has 9 heteroatoms. The van der Waals surface area contributed by atoms with Gasteiger partial charge in [0.25, 0.3) is 0 Å². The first-order valence-corrected chi connectivity index (χ1v) is 7.04. The van der Waals surface area contributed by atoms with Crippen molar-refractivity contribution in [3.63, 3.8) is 0 Å². The monoisotopic (exact) mass is 304 g/mol. The van der Waals surface area contributed by atoms with Crippen LogP contribution in [0, 0.1) is 6.92 Å². The number of carboxylic acids is 1. The number of carbonyl (C=O) groups is 1. The minimum Gasteiger partial charge on any atom is -0.481 e. The molecule has 0 fully saturated rings. The number of rotatable bonds is 4. The summed E-state index contributed by atoms with van der Waals surface area (Å²) in [7, 11) is 0. The van der Waals surface area contributed by atoms with Crippen LogP contribution in [0.15, 0.2) is 10.5 Å². The molecular weight excluding hydrogens is 296 g/mol. The van der Waals surface area contributed by atoms with Crippen LogP contribution in [-0.2, 0) is 4.79 Å². The number of aryl methyl sites for hydroxylation is 1. The molecule has 2 aromatic rings. The fourth-order valence-electron chi connectivity index (χ4n) is 1.24. The zero-order valence-electron chi connectivity index (χ0n) is 9.25. The summed E-state index contributed by atoms with van der Waals surface area (Å²) in [6.45, 7) is 1.89. The molecule has 0 saturated heterocycles. The average molecular weight is 305 g/mol. The molecule has 2 rings (SSSR count). The van der Waals surface area contributed by atoms with Crippen LogP contribution in [0.2, 0.25) is 5.02 Å². The highest BCUT2D eigenvalue weighted by Crippen LogP contribution is 2.35. The summed E-state index contributed by atoms with van der Waals surface area (Å²) in [6, 6.07) is 0. The zero-order valence-corrected chi connectivity index (χ0v) is 11.6. The highest BCUT2D eigenvalue weighted by atomic mass is 35.5. The molecule has 0 unspecified atom stereocenters. The first-order valence-electron chi connectivity index (χ1n) is 4.79. The van der Waals surface area contributed by atoms with Crippen molar-refractivity contribution in [1.29, 1.82) is 0 Å². The Labute approximate surface area is 116 Å². The lowest BCUT2D eigenvalue weighted by Crippen LogP contribution is -2.12. The normalized spacial score (nSPS) is 10.8. The second-order valence-corrected chi connectivity index (χ2v) is 5.62. The predicted octanol–water partition coefficient (Wildman–Crippen LogP) is 1.86. The predicted molar refractivity (Wildman–Crippen MR) is 71.6 cm³/mol. The lowest BCUT2D eigenvalue weighted by atomic mass is 10.3. The number of nitrogens with two attached hydrogens (primary N) is 1. The molecule has 0 aromatic carbocycles. The molecule has 0 atom stereocenters. The first-order chi connectivity index (χ1) is 8.50. The van der Waals surface area contributed by atoms with E-state index in [0.29, 0.717) is 16.0 Å². The number of nitrogen functional groups attached to an aromatic ring is 1. The van der Waals surface area contributed by atoms with Crippen LogP contribution >= 0.6 is 34.7 Å². The van der Waals surface area contributed by atoms with Gasteiger partial charge in [0.2, 0.25) is 5.16 Å². The molecule has 0 saturated carbocycles. The smallest absolute Gasteiger partial charge is 0.313 e. The minimum absolute atomic E-state index is 0.119. The highest BCUT2D eigenvalue weighted by Gasteiger charge is 2.18. The van der Waals surface area contributed by atoms with E-state index >= 15 is 0 Å². The Morgan fingerprint density at radius 1 is 1.67 bits per heavy atom. The quantitative estimate of drug-likeness (QED) is 0.661. The number of halogens is 1. The van der Waals surface area contributed by atoms with E-state index in [1.54, 1.807) is 0 Å². The largest absolute Gasteiger partial charge is 0.481 e. The van der Waals surface area contributed by atoms with Crippen LogP contribution in [-0.4, -0.2) is 31.7 Å². The van der Waals surface area contributed by atoms with Crippen LogP contribution in [0.3, 0.4) is 0 Å². The Kier molecular flexibility index (Phi) is 3.79. The molecule has 3 N–H and O–H groups in total. The number of thioether (sulfide) groups is 1. The van der Waals surface area contributed by atoms with E-state index in [-0.39, 0.29) is 5.75 Å². The molecule has 0 amide bonds. The van der Waals surface area contributed by atoms with Gasteiger partial charge < -0.3 is 10.9 Å². The van der Waals surface area contributed by atoms with Crippen molar-refractivity contribution >= 4 is 40.7 Å². The summed E-state index contributed by atoms with van der Waals surface area (Å²) < 4.78 is 1.25. The topological polar surface area (TPSA) is 94.0 Å². The lowest BCUT2D eigenvalue weighted by molar-refractivity contribution is -0.133. The summed E-state index contributed by atoms with van der Waals surface area (Å²) in [5.41, 5.74) is 0.944. The first kappa shape index (κ1) is 13.2. The van der Waals surface area contributed by atoms with Crippen LogP contribution in [0.1, 0.15) is 5.56 Å².